The van der Waals surface area contributed by atoms with Crippen LogP contribution in [0.1, 0.15) is 17.2 Å². The van der Waals surface area contributed by atoms with Gasteiger partial charge < -0.3 is 10.4 Å². The first-order chi connectivity index (χ1) is 9.19. The number of phenolic OH excluding ortho intramolecular Hbond substituents is 1. The lowest BCUT2D eigenvalue weighted by atomic mass is 9.98. The highest BCUT2D eigenvalue weighted by atomic mass is 19.1. The van der Waals surface area contributed by atoms with Gasteiger partial charge in [-0.15, -0.1) is 0 Å². The molecule has 1 saturated heterocycles. The van der Waals surface area contributed by atoms with Crippen molar-refractivity contribution in [1.82, 2.24) is 10.2 Å². The Hall–Kier alpha value is -1.71. The summed E-state index contributed by atoms with van der Waals surface area (Å²) < 4.78 is 26.8. The second-order valence-electron chi connectivity index (χ2n) is 4.43. The second-order valence-corrected chi connectivity index (χ2v) is 4.43. The van der Waals surface area contributed by atoms with Gasteiger partial charge in [0.15, 0.2) is 11.6 Å². The number of nitrogens with zero attached hydrogens (tertiary/aromatic N) is 2. The van der Waals surface area contributed by atoms with Crippen molar-refractivity contribution in [3.8, 4) is 11.8 Å². The smallest absolute Gasteiger partial charge is 0.165 e. The normalized spacial score (nSPS) is 17.9. The maximum atomic E-state index is 13.4. The van der Waals surface area contributed by atoms with Gasteiger partial charge >= 0.3 is 0 Å². The molecule has 0 bridgehead atoms. The van der Waals surface area contributed by atoms with Gasteiger partial charge in [-0.25, -0.2) is 8.78 Å². The molecule has 1 aliphatic heterocycles. The summed E-state index contributed by atoms with van der Waals surface area (Å²) in [5, 5.41) is 22.0. The van der Waals surface area contributed by atoms with Crippen LogP contribution in [-0.4, -0.2) is 42.9 Å². The zero-order chi connectivity index (χ0) is 13.8. The van der Waals surface area contributed by atoms with Crippen LogP contribution in [0.15, 0.2) is 12.1 Å². The maximum Gasteiger partial charge on any atom is 0.165 e. The van der Waals surface area contributed by atoms with Crippen molar-refractivity contribution >= 4 is 0 Å². The first kappa shape index (κ1) is 13.7. The quantitative estimate of drug-likeness (QED) is 0.867. The lowest BCUT2D eigenvalue weighted by molar-refractivity contribution is 0.144. The lowest BCUT2D eigenvalue weighted by Crippen LogP contribution is -2.45. The number of hydrogen-bond acceptors (Lipinski definition) is 4. The van der Waals surface area contributed by atoms with E-state index in [2.05, 4.69) is 5.32 Å². The fourth-order valence-corrected chi connectivity index (χ4v) is 2.37. The van der Waals surface area contributed by atoms with E-state index in [0.29, 0.717) is 26.2 Å². The molecule has 1 fully saturated rings. The summed E-state index contributed by atoms with van der Waals surface area (Å²) in [6.45, 7) is 1.82. The third-order valence-electron chi connectivity index (χ3n) is 3.36. The summed E-state index contributed by atoms with van der Waals surface area (Å²) in [6.07, 6.45) is 0. The standard InChI is InChI=1S/C13H15F2N3O/c14-7-11(18-5-3-17-4-6-18)12-9(8-16)1-2-10(15)13(12)19/h1-2,11,17,19H,3-7H2/t11-/m0/s1. The molecule has 2 N–H and O–H groups in total. The van der Waals surface area contributed by atoms with Gasteiger partial charge in [-0.1, -0.05) is 0 Å². The maximum absolute atomic E-state index is 13.4. The van der Waals surface area contributed by atoms with E-state index >= 15 is 0 Å². The molecule has 19 heavy (non-hydrogen) atoms. The summed E-state index contributed by atoms with van der Waals surface area (Å²) in [6, 6.07) is 3.39. The Kier molecular flexibility index (Phi) is 4.30. The topological polar surface area (TPSA) is 59.3 Å². The van der Waals surface area contributed by atoms with Gasteiger partial charge in [-0.05, 0) is 12.1 Å². The van der Waals surface area contributed by atoms with Gasteiger partial charge in [0, 0.05) is 31.7 Å². The summed E-state index contributed by atoms with van der Waals surface area (Å²) >= 11 is 0. The molecule has 1 heterocycles. The molecule has 0 amide bonds. The van der Waals surface area contributed by atoms with Crippen molar-refractivity contribution in [2.45, 2.75) is 6.04 Å². The number of nitriles is 1. The van der Waals surface area contributed by atoms with E-state index in [1.807, 2.05) is 11.0 Å². The molecular weight excluding hydrogens is 252 g/mol. The molecule has 6 heteroatoms. The third-order valence-corrected chi connectivity index (χ3v) is 3.36. The Morgan fingerprint density at radius 2 is 2.11 bits per heavy atom. The number of benzene rings is 1. The number of alkyl halides is 1. The molecule has 1 aliphatic rings. The zero-order valence-corrected chi connectivity index (χ0v) is 10.4. The fourth-order valence-electron chi connectivity index (χ4n) is 2.37. The van der Waals surface area contributed by atoms with Crippen LogP contribution in [0.25, 0.3) is 0 Å². The van der Waals surface area contributed by atoms with Crippen molar-refractivity contribution in [2.24, 2.45) is 0 Å². The van der Waals surface area contributed by atoms with Gasteiger partial charge in [0.1, 0.15) is 6.67 Å². The number of rotatable bonds is 3. The molecular formula is C13H15F2N3O. The Bertz CT molecular complexity index is 495. The van der Waals surface area contributed by atoms with Crippen LogP contribution in [0.4, 0.5) is 8.78 Å². The highest BCUT2D eigenvalue weighted by molar-refractivity contribution is 5.48. The number of halogens is 2. The molecule has 0 saturated carbocycles. The van der Waals surface area contributed by atoms with Gasteiger partial charge in [0.25, 0.3) is 0 Å². The zero-order valence-electron chi connectivity index (χ0n) is 10.4. The van der Waals surface area contributed by atoms with Crippen LogP contribution < -0.4 is 5.32 Å². The average molecular weight is 267 g/mol. The highest BCUT2D eigenvalue weighted by Gasteiger charge is 2.28. The first-order valence-corrected chi connectivity index (χ1v) is 6.11. The van der Waals surface area contributed by atoms with Crippen LogP contribution in [0, 0.1) is 17.1 Å². The van der Waals surface area contributed by atoms with E-state index in [1.54, 1.807) is 0 Å². The molecule has 0 unspecified atom stereocenters. The second kappa shape index (κ2) is 5.95. The molecule has 0 aromatic heterocycles. The Labute approximate surface area is 110 Å². The Balaban J connectivity index is 2.42. The molecule has 4 nitrogen and oxygen atoms in total. The predicted octanol–water partition coefficient (Wildman–Crippen LogP) is 1.32. The third kappa shape index (κ3) is 2.67. The van der Waals surface area contributed by atoms with Crippen molar-refractivity contribution in [2.75, 3.05) is 32.9 Å². The van der Waals surface area contributed by atoms with Crippen molar-refractivity contribution in [3.63, 3.8) is 0 Å². The van der Waals surface area contributed by atoms with Crippen molar-refractivity contribution in [1.29, 1.82) is 5.26 Å². The summed E-state index contributed by atoms with van der Waals surface area (Å²) in [5.41, 5.74) is 0.159. The van der Waals surface area contributed by atoms with Crippen molar-refractivity contribution in [3.05, 3.63) is 29.1 Å². The number of hydrogen-bond donors (Lipinski definition) is 2. The summed E-state index contributed by atoms with van der Waals surface area (Å²) in [7, 11) is 0. The molecule has 2 rings (SSSR count). The minimum atomic E-state index is -0.831. The first-order valence-electron chi connectivity index (χ1n) is 6.11. The van der Waals surface area contributed by atoms with Gasteiger partial charge in [0.2, 0.25) is 0 Å². The molecule has 1 aromatic rings. The van der Waals surface area contributed by atoms with E-state index in [9.17, 15) is 13.9 Å². The van der Waals surface area contributed by atoms with Crippen LogP contribution in [-0.2, 0) is 0 Å². The number of aromatic hydroxyl groups is 1. The van der Waals surface area contributed by atoms with E-state index in [1.165, 1.54) is 6.07 Å². The number of nitrogens with one attached hydrogen (secondary N) is 1. The van der Waals surface area contributed by atoms with Crippen LogP contribution in [0.3, 0.4) is 0 Å². The van der Waals surface area contributed by atoms with Crippen LogP contribution in [0.5, 0.6) is 5.75 Å². The molecule has 1 aromatic carbocycles. The molecule has 0 spiro atoms. The van der Waals surface area contributed by atoms with E-state index in [-0.39, 0.29) is 11.1 Å². The van der Waals surface area contributed by atoms with Gasteiger partial charge in [0.05, 0.1) is 17.7 Å². The Morgan fingerprint density at radius 3 is 2.68 bits per heavy atom. The van der Waals surface area contributed by atoms with Gasteiger partial charge in [-0.3, -0.25) is 4.90 Å². The largest absolute Gasteiger partial charge is 0.505 e. The Morgan fingerprint density at radius 1 is 1.42 bits per heavy atom. The van der Waals surface area contributed by atoms with Crippen LogP contribution >= 0.6 is 0 Å². The average Bonchev–Trinajstić information content (AvgIpc) is 2.45. The van der Waals surface area contributed by atoms with E-state index in [0.717, 1.165) is 6.07 Å². The number of phenols is 1. The summed E-state index contributed by atoms with van der Waals surface area (Å²) in [4.78, 5) is 1.81. The molecule has 0 radical (unpaired) electrons. The monoisotopic (exact) mass is 267 g/mol. The highest BCUT2D eigenvalue weighted by Crippen LogP contribution is 2.34. The molecule has 1 atom stereocenters. The molecule has 0 aliphatic carbocycles. The van der Waals surface area contributed by atoms with Crippen LogP contribution in [0.2, 0.25) is 0 Å². The fraction of sp³-hybridized carbons (Fsp3) is 0.462. The minimum absolute atomic E-state index is 0.0481. The van der Waals surface area contributed by atoms with E-state index < -0.39 is 24.3 Å². The summed E-state index contributed by atoms with van der Waals surface area (Å²) in [5.74, 6) is -1.46. The van der Waals surface area contributed by atoms with Gasteiger partial charge in [-0.2, -0.15) is 5.26 Å². The minimum Gasteiger partial charge on any atom is -0.505 e. The van der Waals surface area contributed by atoms with Crippen molar-refractivity contribution < 1.29 is 13.9 Å². The molecule has 102 valence electrons. The van der Waals surface area contributed by atoms with E-state index in [4.69, 9.17) is 5.26 Å². The lowest BCUT2D eigenvalue weighted by Gasteiger charge is -2.34. The number of piperazine rings is 1. The SMILES string of the molecule is N#Cc1ccc(F)c(O)c1[C@H](CF)N1CCNCC1. The predicted molar refractivity (Wildman–Crippen MR) is 65.9 cm³/mol.